The van der Waals surface area contributed by atoms with Crippen molar-refractivity contribution >= 4 is 5.97 Å². The molecule has 1 unspecified atom stereocenters. The molecule has 0 bridgehead atoms. The van der Waals surface area contributed by atoms with Crippen LogP contribution in [0.1, 0.15) is 19.3 Å². The monoisotopic (exact) mass is 214 g/mol. The number of likely N-dealkylation sites (tertiary alicyclic amines) is 1. The lowest BCUT2D eigenvalue weighted by Gasteiger charge is -2.15. The fourth-order valence-electron chi connectivity index (χ4n) is 2.12. The molecule has 1 fully saturated rings. The molecule has 1 aliphatic heterocycles. The fourth-order valence-corrected chi connectivity index (χ4v) is 2.12. The second kappa shape index (κ2) is 6.80. The average Bonchev–Trinajstić information content (AvgIpc) is 2.66. The molecule has 0 aromatic carbocycles. The van der Waals surface area contributed by atoms with Crippen molar-refractivity contribution in [3.05, 3.63) is 0 Å². The minimum atomic E-state index is -0.0963. The molecule has 0 radical (unpaired) electrons. The van der Waals surface area contributed by atoms with Crippen molar-refractivity contribution in [2.45, 2.75) is 19.3 Å². The van der Waals surface area contributed by atoms with Crippen molar-refractivity contribution in [1.29, 1.82) is 0 Å². The van der Waals surface area contributed by atoms with E-state index < -0.39 is 0 Å². The molecule has 1 N–H and O–H groups in total. The Morgan fingerprint density at radius 3 is 3.07 bits per heavy atom. The second-order valence-electron chi connectivity index (χ2n) is 4.19. The van der Waals surface area contributed by atoms with Gasteiger partial charge in [-0.05, 0) is 45.4 Å². The largest absolute Gasteiger partial charge is 0.469 e. The lowest BCUT2D eigenvalue weighted by molar-refractivity contribution is -0.140. The van der Waals surface area contributed by atoms with Crippen molar-refractivity contribution in [2.75, 3.05) is 40.3 Å². The molecule has 4 heteroatoms. The highest BCUT2D eigenvalue weighted by molar-refractivity contribution is 5.69. The lowest BCUT2D eigenvalue weighted by atomic mass is 10.1. The molecule has 88 valence electrons. The number of esters is 1. The summed E-state index contributed by atoms with van der Waals surface area (Å²) in [6.07, 6.45) is 2.74. The standard InChI is InChI=1S/C11H22N2O2/c1-12-8-10-5-7-13(9-10)6-3-4-11(14)15-2/h10,12H,3-9H2,1-2H3. The highest BCUT2D eigenvalue weighted by atomic mass is 16.5. The van der Waals surface area contributed by atoms with Crippen molar-refractivity contribution in [2.24, 2.45) is 5.92 Å². The summed E-state index contributed by atoms with van der Waals surface area (Å²) < 4.78 is 4.61. The maximum Gasteiger partial charge on any atom is 0.305 e. The van der Waals surface area contributed by atoms with E-state index in [2.05, 4.69) is 15.0 Å². The van der Waals surface area contributed by atoms with E-state index in [1.807, 2.05) is 7.05 Å². The maximum atomic E-state index is 10.9. The Morgan fingerprint density at radius 1 is 1.60 bits per heavy atom. The van der Waals surface area contributed by atoms with Gasteiger partial charge in [-0.15, -0.1) is 0 Å². The normalized spacial score (nSPS) is 21.9. The molecule has 15 heavy (non-hydrogen) atoms. The molecule has 1 atom stereocenters. The Hall–Kier alpha value is -0.610. The van der Waals surface area contributed by atoms with Gasteiger partial charge in [0.05, 0.1) is 7.11 Å². The summed E-state index contributed by atoms with van der Waals surface area (Å²) in [7, 11) is 3.45. The third-order valence-corrected chi connectivity index (χ3v) is 2.95. The topological polar surface area (TPSA) is 41.6 Å². The fraction of sp³-hybridized carbons (Fsp3) is 0.909. The van der Waals surface area contributed by atoms with Crippen LogP contribution in [0.3, 0.4) is 0 Å². The molecule has 1 heterocycles. The highest BCUT2D eigenvalue weighted by Crippen LogP contribution is 2.15. The summed E-state index contributed by atoms with van der Waals surface area (Å²) in [6.45, 7) is 4.47. The van der Waals surface area contributed by atoms with Gasteiger partial charge in [-0.3, -0.25) is 4.79 Å². The number of hydrogen-bond donors (Lipinski definition) is 1. The Kier molecular flexibility index (Phi) is 5.65. The van der Waals surface area contributed by atoms with Crippen LogP contribution >= 0.6 is 0 Å². The molecule has 0 aromatic rings. The molecule has 0 aliphatic carbocycles. The van der Waals surface area contributed by atoms with Crippen LogP contribution in [0.25, 0.3) is 0 Å². The molecular formula is C11H22N2O2. The molecule has 0 aromatic heterocycles. The number of rotatable bonds is 6. The summed E-state index contributed by atoms with van der Waals surface area (Å²) >= 11 is 0. The summed E-state index contributed by atoms with van der Waals surface area (Å²) in [4.78, 5) is 13.3. The molecule has 4 nitrogen and oxygen atoms in total. The SMILES string of the molecule is CNCC1CCN(CCCC(=O)OC)C1. The van der Waals surface area contributed by atoms with Crippen LogP contribution in [0.4, 0.5) is 0 Å². The first-order valence-electron chi connectivity index (χ1n) is 5.70. The van der Waals surface area contributed by atoms with E-state index in [-0.39, 0.29) is 5.97 Å². The molecule has 1 saturated heterocycles. The van der Waals surface area contributed by atoms with Crippen LogP contribution in [0.2, 0.25) is 0 Å². The predicted octanol–water partition coefficient (Wildman–Crippen LogP) is 0.481. The van der Waals surface area contributed by atoms with Crippen LogP contribution in [-0.4, -0.2) is 51.2 Å². The van der Waals surface area contributed by atoms with Crippen LogP contribution in [0, 0.1) is 5.92 Å². The van der Waals surface area contributed by atoms with Crippen LogP contribution in [0.15, 0.2) is 0 Å². The van der Waals surface area contributed by atoms with Gasteiger partial charge in [-0.1, -0.05) is 0 Å². The number of methoxy groups -OCH3 is 1. The second-order valence-corrected chi connectivity index (χ2v) is 4.19. The minimum Gasteiger partial charge on any atom is -0.469 e. The number of carbonyl (C=O) groups is 1. The van der Waals surface area contributed by atoms with Gasteiger partial charge in [0.25, 0.3) is 0 Å². The summed E-state index contributed by atoms with van der Waals surface area (Å²) in [5, 5.41) is 3.21. The van der Waals surface area contributed by atoms with Crippen molar-refractivity contribution in [3.63, 3.8) is 0 Å². The van der Waals surface area contributed by atoms with E-state index in [1.54, 1.807) is 0 Å². The zero-order valence-corrected chi connectivity index (χ0v) is 9.79. The van der Waals surface area contributed by atoms with Gasteiger partial charge >= 0.3 is 5.97 Å². The van der Waals surface area contributed by atoms with E-state index in [1.165, 1.54) is 26.6 Å². The first-order chi connectivity index (χ1) is 7.26. The zero-order chi connectivity index (χ0) is 11.1. The van der Waals surface area contributed by atoms with Gasteiger partial charge in [-0.2, -0.15) is 0 Å². The van der Waals surface area contributed by atoms with Gasteiger partial charge in [0, 0.05) is 13.0 Å². The van der Waals surface area contributed by atoms with E-state index in [0.29, 0.717) is 6.42 Å². The van der Waals surface area contributed by atoms with Gasteiger partial charge in [0.15, 0.2) is 0 Å². The van der Waals surface area contributed by atoms with Crippen molar-refractivity contribution in [3.8, 4) is 0 Å². The molecule has 1 rings (SSSR count). The Bertz CT molecular complexity index is 197. The summed E-state index contributed by atoms with van der Waals surface area (Å²) in [6, 6.07) is 0. The van der Waals surface area contributed by atoms with E-state index >= 15 is 0 Å². The Morgan fingerprint density at radius 2 is 2.40 bits per heavy atom. The van der Waals surface area contributed by atoms with Crippen LogP contribution in [-0.2, 0) is 9.53 Å². The van der Waals surface area contributed by atoms with Gasteiger partial charge in [0.1, 0.15) is 0 Å². The Labute approximate surface area is 92.0 Å². The average molecular weight is 214 g/mol. The van der Waals surface area contributed by atoms with Gasteiger partial charge in [0.2, 0.25) is 0 Å². The first kappa shape index (κ1) is 12.5. The van der Waals surface area contributed by atoms with Crippen LogP contribution < -0.4 is 5.32 Å². The molecular weight excluding hydrogens is 192 g/mol. The smallest absolute Gasteiger partial charge is 0.305 e. The van der Waals surface area contributed by atoms with E-state index in [9.17, 15) is 4.79 Å². The number of nitrogens with one attached hydrogen (secondary N) is 1. The van der Waals surface area contributed by atoms with Crippen molar-refractivity contribution < 1.29 is 9.53 Å². The number of nitrogens with zero attached hydrogens (tertiary/aromatic N) is 1. The molecule has 0 amide bonds. The lowest BCUT2D eigenvalue weighted by Crippen LogP contribution is -2.25. The quantitative estimate of drug-likeness (QED) is 0.653. The molecule has 0 spiro atoms. The van der Waals surface area contributed by atoms with Gasteiger partial charge in [-0.25, -0.2) is 0 Å². The maximum absolute atomic E-state index is 10.9. The third kappa shape index (κ3) is 4.62. The minimum absolute atomic E-state index is 0.0963. The Balaban J connectivity index is 2.06. The third-order valence-electron chi connectivity index (χ3n) is 2.95. The number of ether oxygens (including phenoxy) is 1. The highest BCUT2D eigenvalue weighted by Gasteiger charge is 2.21. The molecule has 1 aliphatic rings. The van der Waals surface area contributed by atoms with E-state index in [0.717, 1.165) is 25.4 Å². The predicted molar refractivity (Wildman–Crippen MR) is 59.7 cm³/mol. The summed E-state index contributed by atoms with van der Waals surface area (Å²) in [5.74, 6) is 0.689. The van der Waals surface area contributed by atoms with E-state index in [4.69, 9.17) is 0 Å². The summed E-state index contributed by atoms with van der Waals surface area (Å²) in [5.41, 5.74) is 0. The van der Waals surface area contributed by atoms with Crippen molar-refractivity contribution in [1.82, 2.24) is 10.2 Å². The van der Waals surface area contributed by atoms with Crippen LogP contribution in [0.5, 0.6) is 0 Å². The first-order valence-corrected chi connectivity index (χ1v) is 5.70. The molecule has 0 saturated carbocycles. The zero-order valence-electron chi connectivity index (χ0n) is 9.79. The number of hydrogen-bond acceptors (Lipinski definition) is 4. The number of carbonyl (C=O) groups excluding carboxylic acids is 1. The van der Waals surface area contributed by atoms with Gasteiger partial charge < -0.3 is 15.0 Å².